The number of aryl methyl sites for hydroxylation is 1. The van der Waals surface area contributed by atoms with E-state index in [0.717, 1.165) is 19.3 Å². The Morgan fingerprint density at radius 1 is 0.358 bits per heavy atom. The van der Waals surface area contributed by atoms with Gasteiger partial charge in [-0.3, -0.25) is 0 Å². The molecule has 0 N–H and O–H groups in total. The fourth-order valence-electron chi connectivity index (χ4n) is 15.1. The molecule has 0 saturated carbocycles. The lowest BCUT2D eigenvalue weighted by atomic mass is 9.33. The Labute approximate surface area is 401 Å². The molecule has 3 aliphatic carbocycles. The van der Waals surface area contributed by atoms with Gasteiger partial charge in [-0.2, -0.15) is 0 Å². The number of benzene rings is 7. The zero-order valence-electron chi connectivity index (χ0n) is 42.3. The molecule has 0 atom stereocenters. The van der Waals surface area contributed by atoms with Crippen molar-refractivity contribution < 1.29 is 0 Å². The smallest absolute Gasteiger partial charge is 0.252 e. The lowest BCUT2D eigenvalue weighted by Crippen LogP contribution is -2.62. The van der Waals surface area contributed by atoms with Crippen molar-refractivity contribution in [3.8, 4) is 22.3 Å². The third kappa shape index (κ3) is 6.14. The Balaban J connectivity index is 1.21. The van der Waals surface area contributed by atoms with E-state index in [2.05, 4.69) is 233 Å². The van der Waals surface area contributed by atoms with Crippen LogP contribution in [0.1, 0.15) is 141 Å². The van der Waals surface area contributed by atoms with Gasteiger partial charge in [0.1, 0.15) is 0 Å². The van der Waals surface area contributed by atoms with Crippen LogP contribution in [-0.2, 0) is 32.5 Å². The van der Waals surface area contributed by atoms with Crippen molar-refractivity contribution >= 4 is 57.2 Å². The molecule has 2 heterocycles. The van der Waals surface area contributed by atoms with Crippen molar-refractivity contribution in [1.29, 1.82) is 0 Å². The molecule has 7 aromatic rings. The van der Waals surface area contributed by atoms with Crippen molar-refractivity contribution in [2.24, 2.45) is 0 Å². The first-order valence-electron chi connectivity index (χ1n) is 25.1. The van der Waals surface area contributed by atoms with Crippen LogP contribution in [0.4, 0.5) is 34.1 Å². The van der Waals surface area contributed by atoms with Crippen molar-refractivity contribution in [1.82, 2.24) is 0 Å². The van der Waals surface area contributed by atoms with Gasteiger partial charge in [0, 0.05) is 34.0 Å². The average Bonchev–Trinajstić information content (AvgIpc) is 3.67. The largest absolute Gasteiger partial charge is 0.311 e. The minimum atomic E-state index is 0.0324. The van der Waals surface area contributed by atoms with Gasteiger partial charge >= 0.3 is 0 Å². The van der Waals surface area contributed by atoms with Crippen LogP contribution in [0.2, 0.25) is 0 Å². The van der Waals surface area contributed by atoms with Crippen molar-refractivity contribution in [2.45, 2.75) is 142 Å². The number of anilines is 6. The molecule has 2 nitrogen and oxygen atoms in total. The van der Waals surface area contributed by atoms with Crippen LogP contribution in [0, 0.1) is 6.92 Å². The highest BCUT2D eigenvalue weighted by Gasteiger charge is 2.51. The van der Waals surface area contributed by atoms with Crippen LogP contribution in [0.25, 0.3) is 22.3 Å². The maximum Gasteiger partial charge on any atom is 0.252 e. The molecule has 3 heteroatoms. The molecule has 0 amide bonds. The molecule has 0 radical (unpaired) electrons. The first kappa shape index (κ1) is 42.6. The second kappa shape index (κ2) is 13.7. The van der Waals surface area contributed by atoms with E-state index in [1.165, 1.54) is 112 Å². The first-order chi connectivity index (χ1) is 31.6. The van der Waals surface area contributed by atoms with E-state index in [1.807, 2.05) is 0 Å². The van der Waals surface area contributed by atoms with Crippen LogP contribution in [0.5, 0.6) is 0 Å². The number of nitrogens with zero attached hydrogens (tertiary/aromatic N) is 2. The van der Waals surface area contributed by atoms with Gasteiger partial charge in [0.25, 0.3) is 6.71 Å². The molecule has 2 aliphatic heterocycles. The monoisotopic (exact) mass is 875 g/mol. The van der Waals surface area contributed by atoms with E-state index in [9.17, 15) is 0 Å². The minimum absolute atomic E-state index is 0.0324. The summed E-state index contributed by atoms with van der Waals surface area (Å²) in [4.78, 5) is 5.38. The molecular formula is C64H67BN2. The molecule has 0 spiro atoms. The summed E-state index contributed by atoms with van der Waals surface area (Å²) in [5.41, 5.74) is 27.5. The highest BCUT2D eigenvalue weighted by Crippen LogP contribution is 2.57. The van der Waals surface area contributed by atoms with Crippen LogP contribution in [0.15, 0.2) is 133 Å². The molecule has 336 valence electrons. The molecule has 0 bridgehead atoms. The summed E-state index contributed by atoms with van der Waals surface area (Å²) >= 11 is 0. The summed E-state index contributed by atoms with van der Waals surface area (Å²) in [6.45, 7) is 32.0. The molecule has 0 unspecified atom stereocenters. The zero-order valence-corrected chi connectivity index (χ0v) is 42.3. The van der Waals surface area contributed by atoms with Crippen molar-refractivity contribution in [3.63, 3.8) is 0 Å². The van der Waals surface area contributed by atoms with Crippen LogP contribution >= 0.6 is 0 Å². The average molecular weight is 875 g/mol. The number of hydrogen-bond donors (Lipinski definition) is 0. The lowest BCUT2D eigenvalue weighted by molar-refractivity contribution is 0.403. The zero-order chi connectivity index (χ0) is 47.0. The molecule has 67 heavy (non-hydrogen) atoms. The van der Waals surface area contributed by atoms with E-state index in [0.29, 0.717) is 0 Å². The van der Waals surface area contributed by atoms with Gasteiger partial charge in [-0.15, -0.1) is 0 Å². The highest BCUT2D eigenvalue weighted by molar-refractivity contribution is 7.00. The number of fused-ring (bicyclic) bond motifs is 7. The van der Waals surface area contributed by atoms with E-state index >= 15 is 0 Å². The molecule has 0 aromatic heterocycles. The van der Waals surface area contributed by atoms with Crippen LogP contribution in [-0.4, -0.2) is 6.71 Å². The summed E-state index contributed by atoms with van der Waals surface area (Å²) in [5.74, 6) is 0. The van der Waals surface area contributed by atoms with Gasteiger partial charge < -0.3 is 9.80 Å². The molecule has 5 aliphatic rings. The van der Waals surface area contributed by atoms with Crippen molar-refractivity contribution in [2.75, 3.05) is 9.80 Å². The van der Waals surface area contributed by atoms with E-state index in [1.54, 1.807) is 0 Å². The molecule has 7 aromatic carbocycles. The number of hydrogen-bond acceptors (Lipinski definition) is 2. The van der Waals surface area contributed by atoms with Crippen molar-refractivity contribution in [3.05, 3.63) is 172 Å². The fourth-order valence-corrected chi connectivity index (χ4v) is 15.1. The number of rotatable bonds is 4. The Morgan fingerprint density at radius 2 is 0.806 bits per heavy atom. The normalized spacial score (nSPS) is 19.9. The topological polar surface area (TPSA) is 6.48 Å². The quantitative estimate of drug-likeness (QED) is 0.163. The van der Waals surface area contributed by atoms with Gasteiger partial charge in [-0.1, -0.05) is 168 Å². The molecule has 0 saturated heterocycles. The minimum Gasteiger partial charge on any atom is -0.311 e. The standard InChI is InChI=1S/C64H67BN2/c1-39-28-56-58-57(29-39)67(53-27-24-42(40-20-16-14-17-21-40)30-44(53)41-22-18-15-19-23-41)55-35-50-48(62(8,9)38-64(50,12)13)33-52(55)65(58)51-32-47-49(63(10,11)37-61(47,6)7)34-54(51)66(56)43-25-26-45-46(31-43)60(4,5)36-59(45,2)3/h14-35H,36-38H2,1-13H3. The predicted octanol–water partition coefficient (Wildman–Crippen LogP) is 15.3. The SMILES string of the molecule is Cc1cc2c3c(c1)N(c1ccc(-c4ccccc4)cc1-c1ccccc1)c1cc4c(cc1B3c1cc3c(cc1N2c1ccc2c(c1)C(C)(C)CC2(C)C)C(C)(C)CC3(C)C)C(C)(C)CC4(C)C. The molecule has 0 fully saturated rings. The van der Waals surface area contributed by atoms with E-state index < -0.39 is 0 Å². The summed E-state index contributed by atoms with van der Waals surface area (Å²) in [6.07, 6.45) is 3.39. The maximum absolute atomic E-state index is 2.70. The maximum atomic E-state index is 2.70. The Bertz CT molecular complexity index is 3240. The Kier molecular flexibility index (Phi) is 8.69. The van der Waals surface area contributed by atoms with Crippen LogP contribution < -0.4 is 26.2 Å². The highest BCUT2D eigenvalue weighted by atomic mass is 15.2. The molecular weight excluding hydrogens is 808 g/mol. The lowest BCUT2D eigenvalue weighted by Gasteiger charge is -2.46. The van der Waals surface area contributed by atoms with E-state index in [-0.39, 0.29) is 39.2 Å². The van der Waals surface area contributed by atoms with Gasteiger partial charge in [0.2, 0.25) is 0 Å². The second-order valence-electron chi connectivity index (χ2n) is 25.3. The van der Waals surface area contributed by atoms with Gasteiger partial charge in [0.15, 0.2) is 0 Å². The van der Waals surface area contributed by atoms with Gasteiger partial charge in [0.05, 0.1) is 5.69 Å². The summed E-state index contributed by atoms with van der Waals surface area (Å²) in [5, 5.41) is 0. The predicted molar refractivity (Wildman–Crippen MR) is 288 cm³/mol. The Hall–Kier alpha value is -5.80. The molecule has 12 rings (SSSR count). The third-order valence-corrected chi connectivity index (χ3v) is 17.2. The Morgan fingerprint density at radius 3 is 1.34 bits per heavy atom. The second-order valence-corrected chi connectivity index (χ2v) is 25.3. The van der Waals surface area contributed by atoms with E-state index in [4.69, 9.17) is 0 Å². The summed E-state index contributed by atoms with van der Waals surface area (Å²) in [7, 11) is 0. The first-order valence-corrected chi connectivity index (χ1v) is 25.1. The van der Waals surface area contributed by atoms with Gasteiger partial charge in [-0.05, 0) is 179 Å². The third-order valence-electron chi connectivity index (χ3n) is 17.2. The summed E-state index contributed by atoms with van der Waals surface area (Å²) in [6, 6.07) is 52.4. The van der Waals surface area contributed by atoms with Crippen LogP contribution in [0.3, 0.4) is 0 Å². The van der Waals surface area contributed by atoms with Gasteiger partial charge in [-0.25, -0.2) is 0 Å². The summed E-state index contributed by atoms with van der Waals surface area (Å²) < 4.78 is 0. The fraction of sp³-hybridized carbons (Fsp3) is 0.344.